The predicted molar refractivity (Wildman–Crippen MR) is 101 cm³/mol. The van der Waals surface area contributed by atoms with E-state index < -0.39 is 17.6 Å². The smallest absolute Gasteiger partial charge is 0.259 e. The SMILES string of the molecule is Cn1cc(C2=C(c3coc4ccc(F)cc34)C(=O)NC2=O)c2ccc(O)cc21. The fourth-order valence-electron chi connectivity index (χ4n) is 3.74. The second kappa shape index (κ2) is 5.56. The first-order chi connectivity index (χ1) is 13.4. The van der Waals surface area contributed by atoms with Gasteiger partial charge in [-0.15, -0.1) is 0 Å². The molecule has 3 heterocycles. The van der Waals surface area contributed by atoms with Gasteiger partial charge in [0, 0.05) is 41.2 Å². The van der Waals surface area contributed by atoms with E-state index in [9.17, 15) is 19.1 Å². The monoisotopic (exact) mass is 376 g/mol. The zero-order chi connectivity index (χ0) is 19.6. The quantitative estimate of drug-likeness (QED) is 0.526. The normalized spacial score (nSPS) is 14.5. The maximum Gasteiger partial charge on any atom is 0.259 e. The number of furan rings is 1. The van der Waals surface area contributed by atoms with Gasteiger partial charge in [0.25, 0.3) is 11.8 Å². The summed E-state index contributed by atoms with van der Waals surface area (Å²) in [7, 11) is 1.78. The van der Waals surface area contributed by atoms with Crippen molar-refractivity contribution in [2.24, 2.45) is 7.05 Å². The van der Waals surface area contributed by atoms with Gasteiger partial charge in [-0.05, 0) is 30.3 Å². The van der Waals surface area contributed by atoms with Gasteiger partial charge in [0.2, 0.25) is 0 Å². The predicted octanol–water partition coefficient (Wildman–Crippen LogP) is 3.34. The van der Waals surface area contributed by atoms with Crippen LogP contribution in [0, 0.1) is 5.82 Å². The third-order valence-corrected chi connectivity index (χ3v) is 4.98. The van der Waals surface area contributed by atoms with Crippen molar-refractivity contribution >= 4 is 44.8 Å². The molecule has 2 amide bonds. The van der Waals surface area contributed by atoms with Crippen LogP contribution in [-0.2, 0) is 16.6 Å². The highest BCUT2D eigenvalue weighted by Crippen LogP contribution is 2.39. The second-order valence-electron chi connectivity index (χ2n) is 6.68. The van der Waals surface area contributed by atoms with Gasteiger partial charge in [-0.3, -0.25) is 14.9 Å². The summed E-state index contributed by atoms with van der Waals surface area (Å²) in [6, 6.07) is 8.80. The van der Waals surface area contributed by atoms with Gasteiger partial charge in [0.05, 0.1) is 22.9 Å². The van der Waals surface area contributed by atoms with Crippen LogP contribution >= 0.6 is 0 Å². The van der Waals surface area contributed by atoms with Crippen LogP contribution in [0.3, 0.4) is 0 Å². The van der Waals surface area contributed by atoms with E-state index in [1.807, 2.05) is 0 Å². The van der Waals surface area contributed by atoms with Gasteiger partial charge in [-0.25, -0.2) is 4.39 Å². The molecule has 2 aromatic heterocycles. The Bertz CT molecular complexity index is 1360. The first-order valence-corrected chi connectivity index (χ1v) is 8.49. The van der Waals surface area contributed by atoms with E-state index >= 15 is 0 Å². The van der Waals surface area contributed by atoms with E-state index in [0.717, 1.165) is 0 Å². The van der Waals surface area contributed by atoms with Crippen LogP contribution in [0.15, 0.2) is 53.3 Å². The lowest BCUT2D eigenvalue weighted by Crippen LogP contribution is -2.22. The number of nitrogens with zero attached hydrogens (tertiary/aromatic N) is 1. The number of nitrogens with one attached hydrogen (secondary N) is 1. The molecule has 0 saturated heterocycles. The van der Waals surface area contributed by atoms with Crippen LogP contribution in [0.4, 0.5) is 4.39 Å². The lowest BCUT2D eigenvalue weighted by molar-refractivity contribution is -0.122. The highest BCUT2D eigenvalue weighted by molar-refractivity contribution is 6.50. The maximum absolute atomic E-state index is 13.8. The number of hydrogen-bond acceptors (Lipinski definition) is 4. The number of hydrogen-bond donors (Lipinski definition) is 2. The molecule has 138 valence electrons. The van der Waals surface area contributed by atoms with Crippen LogP contribution < -0.4 is 5.32 Å². The van der Waals surface area contributed by atoms with Crippen LogP contribution in [-0.4, -0.2) is 21.5 Å². The Morgan fingerprint density at radius 1 is 1.00 bits per heavy atom. The number of imide groups is 1. The van der Waals surface area contributed by atoms with Crippen molar-refractivity contribution in [3.63, 3.8) is 0 Å². The summed E-state index contributed by atoms with van der Waals surface area (Å²) in [6.45, 7) is 0. The van der Waals surface area contributed by atoms with Crippen molar-refractivity contribution in [1.82, 2.24) is 9.88 Å². The second-order valence-corrected chi connectivity index (χ2v) is 6.68. The molecule has 0 spiro atoms. The molecule has 1 aliphatic heterocycles. The number of carbonyl (C=O) groups is 2. The molecule has 5 rings (SSSR count). The molecule has 0 unspecified atom stereocenters. The molecule has 0 saturated carbocycles. The summed E-state index contributed by atoms with van der Waals surface area (Å²) in [5.74, 6) is -1.48. The Morgan fingerprint density at radius 2 is 1.75 bits per heavy atom. The molecular weight excluding hydrogens is 363 g/mol. The van der Waals surface area contributed by atoms with Crippen molar-refractivity contribution < 1.29 is 23.5 Å². The summed E-state index contributed by atoms with van der Waals surface area (Å²) in [5.41, 5.74) is 2.34. The minimum atomic E-state index is -0.567. The maximum atomic E-state index is 13.8. The molecule has 0 radical (unpaired) electrons. The van der Waals surface area contributed by atoms with Gasteiger partial charge >= 0.3 is 0 Å². The molecular formula is C21H13FN2O4. The average molecular weight is 376 g/mol. The number of amides is 2. The summed E-state index contributed by atoms with van der Waals surface area (Å²) in [5, 5.41) is 13.2. The Labute approximate surface area is 157 Å². The molecule has 6 nitrogen and oxygen atoms in total. The number of phenolic OH excluding ortho intramolecular Hbond substituents is 1. The zero-order valence-electron chi connectivity index (χ0n) is 14.6. The Morgan fingerprint density at radius 3 is 2.54 bits per heavy atom. The number of aromatic hydroxyl groups is 1. The van der Waals surface area contributed by atoms with E-state index in [1.54, 1.807) is 29.9 Å². The summed E-state index contributed by atoms with van der Waals surface area (Å²) in [4.78, 5) is 25.3. The van der Waals surface area contributed by atoms with Crippen molar-refractivity contribution in [1.29, 1.82) is 0 Å². The fourth-order valence-corrected chi connectivity index (χ4v) is 3.74. The molecule has 2 N–H and O–H groups in total. The number of rotatable bonds is 2. The first-order valence-electron chi connectivity index (χ1n) is 8.49. The summed E-state index contributed by atoms with van der Waals surface area (Å²) >= 11 is 0. The Kier molecular flexibility index (Phi) is 3.24. The number of fused-ring (bicyclic) bond motifs is 2. The standard InChI is InChI=1S/C21H13FN2O4/c1-24-8-14(12-4-3-11(25)7-16(12)24)18-19(21(27)23-20(18)26)15-9-28-17-5-2-10(22)6-13(15)17/h2-9,25H,1H3,(H,23,26,27). The van der Waals surface area contributed by atoms with Crippen molar-refractivity contribution in [3.8, 4) is 5.75 Å². The van der Waals surface area contributed by atoms with E-state index in [2.05, 4.69) is 5.32 Å². The highest BCUT2D eigenvalue weighted by atomic mass is 19.1. The van der Waals surface area contributed by atoms with E-state index in [4.69, 9.17) is 4.42 Å². The Hall–Kier alpha value is -3.87. The van der Waals surface area contributed by atoms with Gasteiger partial charge in [-0.2, -0.15) is 0 Å². The number of benzene rings is 2. The lowest BCUT2D eigenvalue weighted by atomic mass is 9.95. The summed E-state index contributed by atoms with van der Waals surface area (Å²) < 4.78 is 21.0. The third kappa shape index (κ3) is 2.19. The number of carbonyl (C=O) groups excluding carboxylic acids is 2. The average Bonchev–Trinajstić information content (AvgIpc) is 3.28. The number of halogens is 1. The van der Waals surface area contributed by atoms with Gasteiger partial charge in [0.15, 0.2) is 0 Å². The van der Waals surface area contributed by atoms with Crippen molar-refractivity contribution in [3.05, 3.63) is 65.8 Å². The Balaban J connectivity index is 1.85. The zero-order valence-corrected chi connectivity index (χ0v) is 14.6. The summed E-state index contributed by atoms with van der Waals surface area (Å²) in [6.07, 6.45) is 3.08. The van der Waals surface area contributed by atoms with E-state index in [-0.39, 0.29) is 16.9 Å². The van der Waals surface area contributed by atoms with Crippen LogP contribution in [0.5, 0.6) is 5.75 Å². The van der Waals surface area contributed by atoms with Gasteiger partial charge in [0.1, 0.15) is 17.1 Å². The highest BCUT2D eigenvalue weighted by Gasteiger charge is 2.35. The molecule has 0 atom stereocenters. The van der Waals surface area contributed by atoms with Crippen molar-refractivity contribution in [2.45, 2.75) is 0 Å². The minimum Gasteiger partial charge on any atom is -0.508 e. The van der Waals surface area contributed by atoms with Crippen LogP contribution in [0.1, 0.15) is 11.1 Å². The lowest BCUT2D eigenvalue weighted by Gasteiger charge is -2.02. The van der Waals surface area contributed by atoms with E-state index in [0.29, 0.717) is 33.0 Å². The van der Waals surface area contributed by atoms with Crippen LogP contribution in [0.2, 0.25) is 0 Å². The molecule has 1 aliphatic rings. The van der Waals surface area contributed by atoms with Crippen molar-refractivity contribution in [2.75, 3.05) is 0 Å². The molecule has 28 heavy (non-hydrogen) atoms. The molecule has 0 fully saturated rings. The molecule has 0 bridgehead atoms. The molecule has 2 aromatic carbocycles. The largest absolute Gasteiger partial charge is 0.508 e. The molecule has 0 aliphatic carbocycles. The number of phenols is 1. The topological polar surface area (TPSA) is 84.5 Å². The molecule has 4 aromatic rings. The number of aromatic nitrogens is 1. The van der Waals surface area contributed by atoms with Gasteiger partial charge in [-0.1, -0.05) is 0 Å². The number of aryl methyl sites for hydroxylation is 1. The minimum absolute atomic E-state index is 0.0951. The van der Waals surface area contributed by atoms with Gasteiger partial charge < -0.3 is 14.1 Å². The van der Waals surface area contributed by atoms with Crippen LogP contribution in [0.25, 0.3) is 33.0 Å². The molecule has 7 heteroatoms. The fraction of sp³-hybridized carbons (Fsp3) is 0.0476. The van der Waals surface area contributed by atoms with E-state index in [1.165, 1.54) is 30.5 Å². The first kappa shape index (κ1) is 16.3. The third-order valence-electron chi connectivity index (χ3n) is 4.98.